The van der Waals surface area contributed by atoms with E-state index in [1.54, 1.807) is 5.57 Å². The molecule has 3 nitrogen and oxygen atoms in total. The van der Waals surface area contributed by atoms with E-state index in [0.29, 0.717) is 0 Å². The zero-order valence-electron chi connectivity index (χ0n) is 14.2. The van der Waals surface area contributed by atoms with Crippen LogP contribution in [0.5, 0.6) is 0 Å². The largest absolute Gasteiger partial charge is 0.374 e. The fourth-order valence-corrected chi connectivity index (χ4v) is 2.72. The van der Waals surface area contributed by atoms with Gasteiger partial charge in [0.15, 0.2) is 0 Å². The third-order valence-electron chi connectivity index (χ3n) is 4.03. The van der Waals surface area contributed by atoms with Gasteiger partial charge in [0.1, 0.15) is 0 Å². The lowest BCUT2D eigenvalue weighted by Gasteiger charge is -2.36. The van der Waals surface area contributed by atoms with Crippen molar-refractivity contribution in [3.8, 4) is 0 Å². The van der Waals surface area contributed by atoms with Gasteiger partial charge >= 0.3 is 0 Å². The lowest BCUT2D eigenvalue weighted by Crippen LogP contribution is -2.47. The number of hydrogen-bond acceptors (Lipinski definition) is 3. The van der Waals surface area contributed by atoms with Crippen LogP contribution in [-0.2, 0) is 0 Å². The molecule has 0 amide bonds. The fourth-order valence-electron chi connectivity index (χ4n) is 2.72. The van der Waals surface area contributed by atoms with Gasteiger partial charge < -0.3 is 9.80 Å². The summed E-state index contributed by atoms with van der Waals surface area (Å²) in [6.45, 7) is 16.9. The van der Waals surface area contributed by atoms with E-state index in [1.165, 1.54) is 44.8 Å². The highest BCUT2D eigenvalue weighted by atomic mass is 15.3. The summed E-state index contributed by atoms with van der Waals surface area (Å²) in [5, 5.41) is 0. The minimum atomic E-state index is 1.09. The van der Waals surface area contributed by atoms with Crippen LogP contribution in [0.2, 0.25) is 0 Å². The Bertz CT molecular complexity index is 325. The van der Waals surface area contributed by atoms with E-state index in [9.17, 15) is 0 Å². The van der Waals surface area contributed by atoms with Gasteiger partial charge in [-0.25, -0.2) is 0 Å². The lowest BCUT2D eigenvalue weighted by atomic mass is 10.1. The van der Waals surface area contributed by atoms with Crippen LogP contribution in [0.3, 0.4) is 0 Å². The van der Waals surface area contributed by atoms with Crippen LogP contribution in [0.4, 0.5) is 0 Å². The highest BCUT2D eigenvalue weighted by molar-refractivity contribution is 5.24. The highest BCUT2D eigenvalue weighted by Gasteiger charge is 2.18. The molecule has 1 fully saturated rings. The van der Waals surface area contributed by atoms with E-state index in [4.69, 9.17) is 0 Å². The summed E-state index contributed by atoms with van der Waals surface area (Å²) in [7, 11) is 2.18. The molecule has 2 aliphatic rings. The Morgan fingerprint density at radius 3 is 2.15 bits per heavy atom. The summed E-state index contributed by atoms with van der Waals surface area (Å²) in [6.07, 6.45) is 5.83. The maximum Gasteiger partial charge on any atom is 0.0398 e. The van der Waals surface area contributed by atoms with Crippen molar-refractivity contribution in [1.29, 1.82) is 0 Å². The number of nitrogens with zero attached hydrogens (tertiary/aromatic N) is 3. The number of hydrogen-bond donors (Lipinski definition) is 0. The minimum Gasteiger partial charge on any atom is -0.374 e. The van der Waals surface area contributed by atoms with Crippen LogP contribution in [0, 0.1) is 0 Å². The molecule has 0 aromatic rings. The summed E-state index contributed by atoms with van der Waals surface area (Å²) in [6, 6.07) is 0. The second-order valence-corrected chi connectivity index (χ2v) is 5.61. The number of likely N-dealkylation sites (N-methyl/N-ethyl adjacent to an activating group) is 1. The Morgan fingerprint density at radius 2 is 1.60 bits per heavy atom. The Labute approximate surface area is 125 Å². The minimum absolute atomic E-state index is 1.09. The van der Waals surface area contributed by atoms with Crippen LogP contribution in [0.15, 0.2) is 23.4 Å². The van der Waals surface area contributed by atoms with Crippen molar-refractivity contribution < 1.29 is 0 Å². The Balaban J connectivity index is 0.000000956. The molecule has 20 heavy (non-hydrogen) atoms. The van der Waals surface area contributed by atoms with Gasteiger partial charge in [-0.15, -0.1) is 0 Å². The molecule has 0 spiro atoms. The second kappa shape index (κ2) is 9.19. The molecule has 3 heteroatoms. The standard InChI is InChI=1S/C15H27N3.C2H6/c1-4-7-17-8-10-18(11-9-17)13-15-6-5-14(2)16(3)12-15;1-2/h5-6H,4,7-13H2,1-3H3;1-2H3. The number of allylic oxidation sites excluding steroid dienone is 3. The van der Waals surface area contributed by atoms with Crippen LogP contribution in [-0.4, -0.2) is 67.6 Å². The van der Waals surface area contributed by atoms with Crippen LogP contribution in [0.1, 0.15) is 34.1 Å². The van der Waals surface area contributed by atoms with Gasteiger partial charge in [-0.3, -0.25) is 4.90 Å². The van der Waals surface area contributed by atoms with E-state index in [2.05, 4.69) is 47.7 Å². The second-order valence-electron chi connectivity index (χ2n) is 5.61. The monoisotopic (exact) mass is 279 g/mol. The van der Waals surface area contributed by atoms with Gasteiger partial charge in [0.2, 0.25) is 0 Å². The molecule has 0 aliphatic carbocycles. The molecule has 0 N–H and O–H groups in total. The van der Waals surface area contributed by atoms with E-state index in [0.717, 1.165) is 13.1 Å². The van der Waals surface area contributed by atoms with Gasteiger partial charge in [-0.05, 0) is 31.5 Å². The normalized spacial score (nSPS) is 20.9. The molecule has 2 rings (SSSR count). The van der Waals surface area contributed by atoms with Crippen LogP contribution >= 0.6 is 0 Å². The average Bonchev–Trinajstić information content (AvgIpc) is 2.47. The van der Waals surface area contributed by atoms with Crippen molar-refractivity contribution >= 4 is 0 Å². The smallest absolute Gasteiger partial charge is 0.0398 e. The first kappa shape index (κ1) is 17.3. The predicted octanol–water partition coefficient (Wildman–Crippen LogP) is 2.82. The summed E-state index contributed by atoms with van der Waals surface area (Å²) >= 11 is 0. The Morgan fingerprint density at radius 1 is 1.00 bits per heavy atom. The van der Waals surface area contributed by atoms with Crippen LogP contribution < -0.4 is 0 Å². The highest BCUT2D eigenvalue weighted by Crippen LogP contribution is 2.14. The van der Waals surface area contributed by atoms with Crippen molar-refractivity contribution in [3.63, 3.8) is 0 Å². The first-order chi connectivity index (χ1) is 9.69. The van der Waals surface area contributed by atoms with E-state index in [1.807, 2.05) is 13.8 Å². The Hall–Kier alpha value is -0.800. The molecule has 0 aromatic heterocycles. The van der Waals surface area contributed by atoms with Crippen molar-refractivity contribution in [1.82, 2.24) is 14.7 Å². The summed E-state index contributed by atoms with van der Waals surface area (Å²) in [4.78, 5) is 7.52. The summed E-state index contributed by atoms with van der Waals surface area (Å²) < 4.78 is 0. The van der Waals surface area contributed by atoms with Gasteiger partial charge in [0, 0.05) is 52.0 Å². The number of piperazine rings is 1. The molecule has 2 heterocycles. The van der Waals surface area contributed by atoms with Gasteiger partial charge in [0.05, 0.1) is 0 Å². The van der Waals surface area contributed by atoms with Crippen molar-refractivity contribution in [2.75, 3.05) is 52.9 Å². The van der Waals surface area contributed by atoms with Crippen LogP contribution in [0.25, 0.3) is 0 Å². The third-order valence-corrected chi connectivity index (χ3v) is 4.03. The van der Waals surface area contributed by atoms with E-state index >= 15 is 0 Å². The van der Waals surface area contributed by atoms with Crippen molar-refractivity contribution in [3.05, 3.63) is 23.4 Å². The molecule has 0 aromatic carbocycles. The molecule has 116 valence electrons. The molecule has 0 bridgehead atoms. The molecule has 0 unspecified atom stereocenters. The number of rotatable bonds is 4. The van der Waals surface area contributed by atoms with Gasteiger partial charge in [-0.1, -0.05) is 26.8 Å². The van der Waals surface area contributed by atoms with Gasteiger partial charge in [0.25, 0.3) is 0 Å². The molecule has 1 saturated heterocycles. The van der Waals surface area contributed by atoms with E-state index < -0.39 is 0 Å². The lowest BCUT2D eigenvalue weighted by molar-refractivity contribution is 0.139. The zero-order valence-corrected chi connectivity index (χ0v) is 14.2. The first-order valence-electron chi connectivity index (χ1n) is 8.21. The fraction of sp³-hybridized carbons (Fsp3) is 0.765. The average molecular weight is 279 g/mol. The summed E-state index contributed by atoms with van der Waals surface area (Å²) in [5.74, 6) is 0. The maximum atomic E-state index is 2.60. The van der Waals surface area contributed by atoms with E-state index in [-0.39, 0.29) is 0 Å². The predicted molar refractivity (Wildman–Crippen MR) is 89.0 cm³/mol. The Kier molecular flexibility index (Phi) is 7.93. The molecule has 2 aliphatic heterocycles. The molecule has 0 saturated carbocycles. The zero-order chi connectivity index (χ0) is 15.0. The van der Waals surface area contributed by atoms with Crippen molar-refractivity contribution in [2.45, 2.75) is 34.1 Å². The quantitative estimate of drug-likeness (QED) is 0.783. The molecular weight excluding hydrogens is 246 g/mol. The first-order valence-corrected chi connectivity index (χ1v) is 8.21. The third kappa shape index (κ3) is 5.29. The maximum absolute atomic E-state index is 2.60. The topological polar surface area (TPSA) is 9.72 Å². The summed E-state index contributed by atoms with van der Waals surface area (Å²) in [5.41, 5.74) is 2.92. The SMILES string of the molecule is CC.CCCN1CCN(CC2=CC=C(C)N(C)C2)CC1. The van der Waals surface area contributed by atoms with Gasteiger partial charge in [-0.2, -0.15) is 0 Å². The van der Waals surface area contributed by atoms with Crippen molar-refractivity contribution in [2.24, 2.45) is 0 Å². The molecular formula is C17H33N3. The molecule has 0 atom stereocenters. The molecule has 0 radical (unpaired) electrons.